The Bertz CT molecular complexity index is 447. The smallest absolute Gasteiger partial charge is 0.228 e. The van der Waals surface area contributed by atoms with Gasteiger partial charge in [-0.1, -0.05) is 12.8 Å². The molecule has 1 aliphatic heterocycles. The Labute approximate surface area is 119 Å². The molecule has 108 valence electrons. The molecule has 0 radical (unpaired) electrons. The van der Waals surface area contributed by atoms with Crippen LogP contribution in [-0.4, -0.2) is 37.1 Å². The van der Waals surface area contributed by atoms with Crippen LogP contribution in [0.3, 0.4) is 0 Å². The Morgan fingerprint density at radius 3 is 2.65 bits per heavy atom. The molecule has 0 bridgehead atoms. The molecule has 2 heterocycles. The number of hydrogen-bond acceptors (Lipinski definition) is 4. The number of carbonyl (C=O) groups is 1. The van der Waals surface area contributed by atoms with Crippen LogP contribution in [0.15, 0.2) is 18.3 Å². The minimum Gasteiger partial charge on any atom is -0.368 e. The molecule has 0 unspecified atom stereocenters. The molecule has 1 amide bonds. The number of aromatic nitrogens is 1. The molecule has 2 fully saturated rings. The van der Waals surface area contributed by atoms with Gasteiger partial charge in [-0.2, -0.15) is 0 Å². The lowest BCUT2D eigenvalue weighted by Crippen LogP contribution is -2.43. The summed E-state index contributed by atoms with van der Waals surface area (Å²) in [5, 5.41) is 6.27. The molecule has 1 aliphatic carbocycles. The molecule has 3 rings (SSSR count). The lowest BCUT2D eigenvalue weighted by atomic mass is 10.1. The second-order valence-corrected chi connectivity index (χ2v) is 5.61. The first-order valence-corrected chi connectivity index (χ1v) is 7.55. The average Bonchev–Trinajstić information content (AvgIpc) is 3.03. The first kappa shape index (κ1) is 13.4. The van der Waals surface area contributed by atoms with Crippen LogP contribution in [0.25, 0.3) is 0 Å². The Morgan fingerprint density at radius 2 is 2.00 bits per heavy atom. The third-order valence-electron chi connectivity index (χ3n) is 4.21. The largest absolute Gasteiger partial charge is 0.368 e. The summed E-state index contributed by atoms with van der Waals surface area (Å²) in [5.41, 5.74) is 1.13. The number of anilines is 2. The standard InChI is InChI=1S/C15H22N4O/c20-15(12-3-1-2-4-12)18-14-6-5-13(11-17-14)19-9-7-16-8-10-19/h5-6,11-12,16H,1-4,7-10H2,(H,17,18,20). The van der Waals surface area contributed by atoms with Crippen LogP contribution in [0.5, 0.6) is 0 Å². The molecule has 2 N–H and O–H groups in total. The highest BCUT2D eigenvalue weighted by Gasteiger charge is 2.22. The summed E-state index contributed by atoms with van der Waals surface area (Å²) >= 11 is 0. The summed E-state index contributed by atoms with van der Waals surface area (Å²) in [6.07, 6.45) is 6.24. The predicted octanol–water partition coefficient (Wildman–Crippen LogP) is 1.62. The number of piperazine rings is 1. The number of hydrogen-bond donors (Lipinski definition) is 2. The monoisotopic (exact) mass is 274 g/mol. The molecule has 2 aliphatic rings. The summed E-state index contributed by atoms with van der Waals surface area (Å²) in [4.78, 5) is 18.7. The Kier molecular flexibility index (Phi) is 4.16. The van der Waals surface area contributed by atoms with Gasteiger partial charge in [0.1, 0.15) is 5.82 Å². The van der Waals surface area contributed by atoms with Crippen LogP contribution in [0.2, 0.25) is 0 Å². The molecule has 20 heavy (non-hydrogen) atoms. The maximum Gasteiger partial charge on any atom is 0.228 e. The maximum atomic E-state index is 12.0. The van der Waals surface area contributed by atoms with E-state index < -0.39 is 0 Å². The minimum atomic E-state index is 0.130. The van der Waals surface area contributed by atoms with Gasteiger partial charge in [0.2, 0.25) is 5.91 Å². The van der Waals surface area contributed by atoms with Crippen molar-refractivity contribution in [1.82, 2.24) is 10.3 Å². The molecule has 0 aromatic carbocycles. The van der Waals surface area contributed by atoms with Gasteiger partial charge in [-0.05, 0) is 25.0 Å². The Balaban J connectivity index is 1.59. The lowest BCUT2D eigenvalue weighted by Gasteiger charge is -2.29. The fraction of sp³-hybridized carbons (Fsp3) is 0.600. The maximum absolute atomic E-state index is 12.0. The third kappa shape index (κ3) is 3.10. The summed E-state index contributed by atoms with van der Waals surface area (Å²) < 4.78 is 0. The van der Waals surface area contributed by atoms with Gasteiger partial charge in [-0.3, -0.25) is 4.79 Å². The van der Waals surface area contributed by atoms with Crippen molar-refractivity contribution in [2.24, 2.45) is 5.92 Å². The van der Waals surface area contributed by atoms with Crippen molar-refractivity contribution in [1.29, 1.82) is 0 Å². The lowest BCUT2D eigenvalue weighted by molar-refractivity contribution is -0.119. The van der Waals surface area contributed by atoms with Crippen molar-refractivity contribution in [2.45, 2.75) is 25.7 Å². The number of nitrogens with one attached hydrogen (secondary N) is 2. The second-order valence-electron chi connectivity index (χ2n) is 5.61. The van der Waals surface area contributed by atoms with Crippen LogP contribution in [0.1, 0.15) is 25.7 Å². The number of pyridine rings is 1. The first-order chi connectivity index (χ1) is 9.83. The van der Waals surface area contributed by atoms with Crippen molar-refractivity contribution in [2.75, 3.05) is 36.4 Å². The average molecular weight is 274 g/mol. The molecular formula is C15H22N4O. The van der Waals surface area contributed by atoms with Gasteiger partial charge in [-0.25, -0.2) is 4.98 Å². The fourth-order valence-corrected chi connectivity index (χ4v) is 2.99. The SMILES string of the molecule is O=C(Nc1ccc(N2CCNCC2)cn1)C1CCCC1. The van der Waals surface area contributed by atoms with Gasteiger partial charge in [0.25, 0.3) is 0 Å². The van der Waals surface area contributed by atoms with Crippen LogP contribution < -0.4 is 15.5 Å². The van der Waals surface area contributed by atoms with Crippen molar-refractivity contribution in [3.8, 4) is 0 Å². The molecule has 1 saturated carbocycles. The van der Waals surface area contributed by atoms with Gasteiger partial charge in [0, 0.05) is 32.1 Å². The second kappa shape index (κ2) is 6.22. The quantitative estimate of drug-likeness (QED) is 0.879. The van der Waals surface area contributed by atoms with Gasteiger partial charge in [-0.15, -0.1) is 0 Å². The summed E-state index contributed by atoms with van der Waals surface area (Å²) in [5.74, 6) is 0.982. The van der Waals surface area contributed by atoms with Crippen LogP contribution in [0, 0.1) is 5.92 Å². The summed E-state index contributed by atoms with van der Waals surface area (Å²) in [6.45, 7) is 4.05. The van der Waals surface area contributed by atoms with E-state index in [0.29, 0.717) is 5.82 Å². The van der Waals surface area contributed by atoms with Crippen LogP contribution >= 0.6 is 0 Å². The van der Waals surface area contributed by atoms with Crippen LogP contribution in [0.4, 0.5) is 11.5 Å². The molecular weight excluding hydrogens is 252 g/mol. The van der Waals surface area contributed by atoms with E-state index in [1.165, 1.54) is 12.8 Å². The van der Waals surface area contributed by atoms with Crippen molar-refractivity contribution < 1.29 is 4.79 Å². The molecule has 5 nitrogen and oxygen atoms in total. The zero-order valence-corrected chi connectivity index (χ0v) is 11.8. The van der Waals surface area contributed by atoms with E-state index in [4.69, 9.17) is 0 Å². The van der Waals surface area contributed by atoms with E-state index >= 15 is 0 Å². The van der Waals surface area contributed by atoms with E-state index in [1.54, 1.807) is 0 Å². The first-order valence-electron chi connectivity index (χ1n) is 7.55. The van der Waals surface area contributed by atoms with Crippen LogP contribution in [-0.2, 0) is 4.79 Å². The molecule has 1 saturated heterocycles. The Morgan fingerprint density at radius 1 is 1.25 bits per heavy atom. The van der Waals surface area contributed by atoms with Gasteiger partial charge in [0.05, 0.1) is 11.9 Å². The van der Waals surface area contributed by atoms with Crippen molar-refractivity contribution in [3.05, 3.63) is 18.3 Å². The normalized spacial score (nSPS) is 20.1. The highest BCUT2D eigenvalue weighted by molar-refractivity contribution is 5.91. The molecule has 0 spiro atoms. The third-order valence-corrected chi connectivity index (χ3v) is 4.21. The summed E-state index contributed by atoms with van der Waals surface area (Å²) in [6, 6.07) is 3.95. The number of rotatable bonds is 3. The number of nitrogens with zero attached hydrogens (tertiary/aromatic N) is 2. The van der Waals surface area contributed by atoms with Gasteiger partial charge in [0.15, 0.2) is 0 Å². The van der Waals surface area contributed by atoms with E-state index in [-0.39, 0.29) is 11.8 Å². The molecule has 1 aromatic rings. The highest BCUT2D eigenvalue weighted by atomic mass is 16.1. The van der Waals surface area contributed by atoms with E-state index in [9.17, 15) is 4.79 Å². The van der Waals surface area contributed by atoms with E-state index in [0.717, 1.165) is 44.7 Å². The van der Waals surface area contributed by atoms with Crippen molar-refractivity contribution in [3.63, 3.8) is 0 Å². The topological polar surface area (TPSA) is 57.3 Å². The zero-order valence-electron chi connectivity index (χ0n) is 11.8. The molecule has 5 heteroatoms. The predicted molar refractivity (Wildman–Crippen MR) is 79.9 cm³/mol. The number of carbonyl (C=O) groups excluding carboxylic acids is 1. The molecule has 0 atom stereocenters. The van der Waals surface area contributed by atoms with E-state index in [1.807, 2.05) is 18.3 Å². The summed E-state index contributed by atoms with van der Waals surface area (Å²) in [7, 11) is 0. The zero-order chi connectivity index (χ0) is 13.8. The Hall–Kier alpha value is -1.62. The fourth-order valence-electron chi connectivity index (χ4n) is 2.99. The highest BCUT2D eigenvalue weighted by Crippen LogP contribution is 2.26. The molecule has 1 aromatic heterocycles. The van der Waals surface area contributed by atoms with Crippen molar-refractivity contribution >= 4 is 17.4 Å². The minimum absolute atomic E-state index is 0.130. The van der Waals surface area contributed by atoms with Gasteiger partial charge < -0.3 is 15.5 Å². The van der Waals surface area contributed by atoms with E-state index in [2.05, 4.69) is 20.5 Å². The van der Waals surface area contributed by atoms with Gasteiger partial charge >= 0.3 is 0 Å². The number of amides is 1.